The smallest absolute Gasteiger partial charge is 0.304 e. The van der Waals surface area contributed by atoms with Crippen molar-refractivity contribution in [2.45, 2.75) is 19.4 Å². The molecule has 0 aromatic rings. The Morgan fingerprint density at radius 2 is 2.24 bits per heavy atom. The second-order valence-electron chi connectivity index (χ2n) is 4.10. The molecule has 0 aliphatic carbocycles. The summed E-state index contributed by atoms with van der Waals surface area (Å²) in [5, 5.41) is 8.80. The Hall–Kier alpha value is -0.270. The van der Waals surface area contributed by atoms with E-state index in [-0.39, 0.29) is 24.0 Å². The lowest BCUT2D eigenvalue weighted by Gasteiger charge is -2.34. The molecule has 1 rings (SSSR count). The third-order valence-electron chi connectivity index (χ3n) is 2.89. The van der Waals surface area contributed by atoms with Crippen molar-refractivity contribution in [2.75, 3.05) is 36.1 Å². The Bertz CT molecular complexity index is 355. The van der Waals surface area contributed by atoms with Crippen molar-refractivity contribution in [2.24, 2.45) is 0 Å². The summed E-state index contributed by atoms with van der Waals surface area (Å²) >= 11 is 1.73. The molecule has 0 aromatic carbocycles. The highest BCUT2D eigenvalue weighted by molar-refractivity contribution is 7.99. The molecule has 0 saturated carbocycles. The normalized spacial score (nSPS) is 22.5. The lowest BCUT2D eigenvalue weighted by atomic mass is 10.2. The Balaban J connectivity index is 2.51. The molecule has 0 radical (unpaired) electrons. The van der Waals surface area contributed by atoms with Gasteiger partial charge in [0, 0.05) is 36.4 Å². The lowest BCUT2D eigenvalue weighted by molar-refractivity contribution is -0.138. The van der Waals surface area contributed by atoms with Gasteiger partial charge in [0.05, 0.1) is 12.2 Å². The first-order valence-corrected chi connectivity index (χ1v) is 8.66. The van der Waals surface area contributed by atoms with Crippen LogP contribution < -0.4 is 0 Å². The first-order chi connectivity index (χ1) is 7.94. The van der Waals surface area contributed by atoms with Crippen molar-refractivity contribution >= 4 is 27.6 Å². The van der Waals surface area contributed by atoms with E-state index in [0.717, 1.165) is 18.1 Å². The summed E-state index contributed by atoms with van der Waals surface area (Å²) in [6.45, 7) is 2.87. The van der Waals surface area contributed by atoms with Gasteiger partial charge in [-0.1, -0.05) is 6.92 Å². The number of nitrogens with zero attached hydrogens (tertiary/aromatic N) is 1. The zero-order valence-electron chi connectivity index (χ0n) is 9.96. The number of carbonyl (C=O) groups is 1. The van der Waals surface area contributed by atoms with Gasteiger partial charge in [0.15, 0.2) is 9.84 Å². The van der Waals surface area contributed by atoms with Crippen molar-refractivity contribution in [1.82, 2.24) is 4.90 Å². The Morgan fingerprint density at radius 3 is 2.82 bits per heavy atom. The molecule has 1 aliphatic heterocycles. The minimum atomic E-state index is -2.97. The van der Waals surface area contributed by atoms with Crippen molar-refractivity contribution in [3.63, 3.8) is 0 Å². The lowest BCUT2D eigenvalue weighted by Crippen LogP contribution is -2.45. The SMILES string of the molecule is CCS(=O)(=O)CCN1CCSCC1CC(=O)O. The summed E-state index contributed by atoms with van der Waals surface area (Å²) < 4.78 is 22.8. The van der Waals surface area contributed by atoms with Gasteiger partial charge in [-0.25, -0.2) is 8.42 Å². The third kappa shape index (κ3) is 5.27. The average Bonchev–Trinajstić information content (AvgIpc) is 2.27. The fraction of sp³-hybridized carbons (Fsp3) is 0.900. The van der Waals surface area contributed by atoms with E-state index in [0.29, 0.717) is 6.54 Å². The van der Waals surface area contributed by atoms with Gasteiger partial charge in [-0.05, 0) is 0 Å². The van der Waals surface area contributed by atoms with Crippen molar-refractivity contribution in [3.05, 3.63) is 0 Å². The molecule has 0 bridgehead atoms. The molecule has 5 nitrogen and oxygen atoms in total. The third-order valence-corrected chi connectivity index (χ3v) is 5.67. The highest BCUT2D eigenvalue weighted by atomic mass is 32.2. The second kappa shape index (κ2) is 6.61. The molecule has 1 atom stereocenters. The van der Waals surface area contributed by atoms with Crippen LogP contribution in [0.1, 0.15) is 13.3 Å². The first-order valence-electron chi connectivity index (χ1n) is 5.68. The van der Waals surface area contributed by atoms with Gasteiger partial charge in [0.1, 0.15) is 0 Å². The summed E-state index contributed by atoms with van der Waals surface area (Å²) in [4.78, 5) is 12.7. The average molecular weight is 281 g/mol. The van der Waals surface area contributed by atoms with Crippen molar-refractivity contribution in [1.29, 1.82) is 0 Å². The number of carboxylic acids is 1. The van der Waals surface area contributed by atoms with Crippen LogP contribution in [0.4, 0.5) is 0 Å². The zero-order valence-corrected chi connectivity index (χ0v) is 11.6. The van der Waals surface area contributed by atoms with Gasteiger partial charge in [-0.2, -0.15) is 11.8 Å². The quantitative estimate of drug-likeness (QED) is 0.755. The number of hydrogen-bond acceptors (Lipinski definition) is 5. The molecular formula is C10H19NO4S2. The minimum Gasteiger partial charge on any atom is -0.481 e. The predicted octanol–water partition coefficient (Wildman–Crippen LogP) is 0.313. The molecule has 1 saturated heterocycles. The van der Waals surface area contributed by atoms with Crippen LogP contribution in [0.5, 0.6) is 0 Å². The van der Waals surface area contributed by atoms with E-state index in [4.69, 9.17) is 5.11 Å². The first kappa shape index (κ1) is 14.8. The number of aliphatic carboxylic acids is 1. The number of carboxylic acid groups (broad SMARTS) is 1. The molecule has 7 heteroatoms. The highest BCUT2D eigenvalue weighted by Crippen LogP contribution is 2.18. The maximum atomic E-state index is 11.4. The minimum absolute atomic E-state index is 0.0293. The number of sulfone groups is 1. The van der Waals surface area contributed by atoms with Gasteiger partial charge >= 0.3 is 5.97 Å². The predicted molar refractivity (Wildman–Crippen MR) is 69.3 cm³/mol. The van der Waals surface area contributed by atoms with Crippen molar-refractivity contribution < 1.29 is 18.3 Å². The molecule has 100 valence electrons. The van der Waals surface area contributed by atoms with Gasteiger partial charge in [-0.15, -0.1) is 0 Å². The number of hydrogen-bond donors (Lipinski definition) is 1. The second-order valence-corrected chi connectivity index (χ2v) is 7.72. The molecule has 1 aliphatic rings. The van der Waals surface area contributed by atoms with E-state index >= 15 is 0 Å². The molecule has 1 fully saturated rings. The summed E-state index contributed by atoms with van der Waals surface area (Å²) in [5.74, 6) is 1.19. The van der Waals surface area contributed by atoms with Gasteiger partial charge < -0.3 is 5.11 Å². The highest BCUT2D eigenvalue weighted by Gasteiger charge is 2.25. The molecule has 1 N–H and O–H groups in total. The standard InChI is InChI=1S/C10H19NO4S2/c1-2-17(14,15)6-4-11-3-5-16-8-9(11)7-10(12)13/h9H,2-8H2,1H3,(H,12,13). The molecular weight excluding hydrogens is 262 g/mol. The van der Waals surface area contributed by atoms with Crippen LogP contribution in [0.3, 0.4) is 0 Å². The van der Waals surface area contributed by atoms with Crippen LogP contribution in [0.25, 0.3) is 0 Å². The Kier molecular flexibility index (Phi) is 5.75. The van der Waals surface area contributed by atoms with E-state index in [2.05, 4.69) is 0 Å². The molecule has 0 aromatic heterocycles. The molecule has 17 heavy (non-hydrogen) atoms. The van der Waals surface area contributed by atoms with Crippen LogP contribution in [0.2, 0.25) is 0 Å². The van der Waals surface area contributed by atoms with Crippen LogP contribution in [0, 0.1) is 0 Å². The Labute approximate surface area is 106 Å². The summed E-state index contributed by atoms with van der Waals surface area (Å²) in [5.41, 5.74) is 0. The zero-order chi connectivity index (χ0) is 12.9. The summed E-state index contributed by atoms with van der Waals surface area (Å²) in [7, 11) is -2.97. The fourth-order valence-corrected chi connectivity index (χ4v) is 3.71. The molecule has 0 amide bonds. The van der Waals surface area contributed by atoms with Crippen LogP contribution in [-0.4, -0.2) is 66.5 Å². The van der Waals surface area contributed by atoms with Crippen LogP contribution in [-0.2, 0) is 14.6 Å². The molecule has 0 spiro atoms. The van der Waals surface area contributed by atoms with E-state index < -0.39 is 15.8 Å². The number of rotatable bonds is 6. The topological polar surface area (TPSA) is 74.7 Å². The van der Waals surface area contributed by atoms with E-state index in [1.165, 1.54) is 0 Å². The number of thioether (sulfide) groups is 1. The van der Waals surface area contributed by atoms with Crippen molar-refractivity contribution in [3.8, 4) is 0 Å². The van der Waals surface area contributed by atoms with Crippen LogP contribution >= 0.6 is 11.8 Å². The monoisotopic (exact) mass is 281 g/mol. The summed E-state index contributed by atoms with van der Waals surface area (Å²) in [6, 6.07) is -0.0293. The maximum Gasteiger partial charge on any atom is 0.304 e. The van der Waals surface area contributed by atoms with Crippen LogP contribution in [0.15, 0.2) is 0 Å². The fourth-order valence-electron chi connectivity index (χ4n) is 1.77. The van der Waals surface area contributed by atoms with Gasteiger partial charge in [0.25, 0.3) is 0 Å². The van der Waals surface area contributed by atoms with E-state index in [1.54, 1.807) is 18.7 Å². The van der Waals surface area contributed by atoms with Gasteiger partial charge in [-0.3, -0.25) is 9.69 Å². The van der Waals surface area contributed by atoms with Gasteiger partial charge in [0.2, 0.25) is 0 Å². The molecule has 1 unspecified atom stereocenters. The van der Waals surface area contributed by atoms with E-state index in [9.17, 15) is 13.2 Å². The maximum absolute atomic E-state index is 11.4. The Morgan fingerprint density at radius 1 is 1.53 bits per heavy atom. The van der Waals surface area contributed by atoms with E-state index in [1.807, 2.05) is 4.90 Å². The molecule has 1 heterocycles. The summed E-state index contributed by atoms with van der Waals surface area (Å²) in [6.07, 6.45) is 0.0964. The largest absolute Gasteiger partial charge is 0.481 e.